The van der Waals surface area contributed by atoms with E-state index in [9.17, 15) is 0 Å². The molecule has 47 heavy (non-hydrogen) atoms. The smallest absolute Gasteiger partial charge is 0.159 e. The van der Waals surface area contributed by atoms with E-state index in [4.69, 9.17) is 9.40 Å². The standard InChI is InChI=1S/C43H26N2OS/c1-2-11-30-28(10-1)24-36(32-13-4-3-12-31(30)32)27-20-22-29(23-21-27)45(37-17-9-16-34-33-14-5-7-18-39(33)46-43(34)37)38-25-44-26-41-42(38)35-15-6-8-19-40(35)47-41/h1-26H. The molecule has 0 saturated heterocycles. The molecule has 0 radical (unpaired) electrons. The van der Waals surface area contributed by atoms with Crippen LogP contribution in [0, 0.1) is 0 Å². The first-order valence-corrected chi connectivity index (χ1v) is 16.6. The van der Waals surface area contributed by atoms with E-state index < -0.39 is 0 Å². The maximum absolute atomic E-state index is 6.61. The molecule has 0 bridgehead atoms. The van der Waals surface area contributed by atoms with Gasteiger partial charge in [-0.05, 0) is 69.1 Å². The zero-order chi connectivity index (χ0) is 30.9. The molecular formula is C43H26N2OS. The Bertz CT molecular complexity index is 2810. The van der Waals surface area contributed by atoms with Crippen molar-refractivity contribution < 1.29 is 4.42 Å². The molecule has 0 aliphatic rings. The molecule has 220 valence electrons. The van der Waals surface area contributed by atoms with Gasteiger partial charge in [-0.2, -0.15) is 0 Å². The molecule has 0 aliphatic carbocycles. The first-order valence-electron chi connectivity index (χ1n) is 15.8. The van der Waals surface area contributed by atoms with Gasteiger partial charge in [0, 0.05) is 38.1 Å². The Balaban J connectivity index is 1.22. The van der Waals surface area contributed by atoms with Crippen molar-refractivity contribution in [3.63, 3.8) is 0 Å². The Kier molecular flexibility index (Phi) is 5.74. The summed E-state index contributed by atoms with van der Waals surface area (Å²) < 4.78 is 9.02. The monoisotopic (exact) mass is 618 g/mol. The Morgan fingerprint density at radius 2 is 1.21 bits per heavy atom. The number of benzene rings is 7. The number of hydrogen-bond donors (Lipinski definition) is 0. The lowest BCUT2D eigenvalue weighted by Gasteiger charge is -2.26. The molecule has 0 saturated carbocycles. The maximum Gasteiger partial charge on any atom is 0.159 e. The number of furan rings is 1. The quantitative estimate of drug-likeness (QED) is 0.184. The second-order valence-electron chi connectivity index (χ2n) is 12.0. The number of fused-ring (bicyclic) bond motifs is 9. The Labute approximate surface area is 274 Å². The summed E-state index contributed by atoms with van der Waals surface area (Å²) in [6.07, 6.45) is 3.98. The van der Waals surface area contributed by atoms with Crippen molar-refractivity contribution in [3.05, 3.63) is 158 Å². The predicted octanol–water partition coefficient (Wildman–Crippen LogP) is 12.8. The van der Waals surface area contributed by atoms with Crippen molar-refractivity contribution in [2.45, 2.75) is 0 Å². The van der Waals surface area contributed by atoms with Crippen LogP contribution < -0.4 is 4.90 Å². The summed E-state index contributed by atoms with van der Waals surface area (Å²) in [6, 6.07) is 52.0. The molecule has 0 N–H and O–H groups in total. The average molecular weight is 619 g/mol. The van der Waals surface area contributed by atoms with Crippen LogP contribution in [0.1, 0.15) is 0 Å². The van der Waals surface area contributed by atoms with Gasteiger partial charge in [0.25, 0.3) is 0 Å². The van der Waals surface area contributed by atoms with Gasteiger partial charge in [-0.25, -0.2) is 0 Å². The summed E-state index contributed by atoms with van der Waals surface area (Å²) in [5.41, 5.74) is 7.18. The molecule has 0 unspecified atom stereocenters. The van der Waals surface area contributed by atoms with Crippen molar-refractivity contribution in [1.82, 2.24) is 4.98 Å². The van der Waals surface area contributed by atoms with Crippen LogP contribution in [-0.4, -0.2) is 4.98 Å². The summed E-state index contributed by atoms with van der Waals surface area (Å²) in [6.45, 7) is 0. The molecule has 3 aromatic heterocycles. The van der Waals surface area contributed by atoms with Gasteiger partial charge in [0.05, 0.1) is 22.3 Å². The number of para-hydroxylation sites is 2. The first kappa shape index (κ1) is 26.3. The van der Waals surface area contributed by atoms with E-state index in [1.165, 1.54) is 48.1 Å². The fourth-order valence-electron chi connectivity index (χ4n) is 7.23. The molecule has 10 aromatic rings. The Morgan fingerprint density at radius 3 is 2.09 bits per heavy atom. The van der Waals surface area contributed by atoms with Crippen LogP contribution in [0.3, 0.4) is 0 Å². The summed E-state index contributed by atoms with van der Waals surface area (Å²) >= 11 is 1.78. The van der Waals surface area contributed by atoms with E-state index in [2.05, 4.69) is 138 Å². The van der Waals surface area contributed by atoms with E-state index in [0.29, 0.717) is 0 Å². The third kappa shape index (κ3) is 4.02. The van der Waals surface area contributed by atoms with Gasteiger partial charge < -0.3 is 9.32 Å². The lowest BCUT2D eigenvalue weighted by Crippen LogP contribution is -2.11. The summed E-state index contributed by atoms with van der Waals surface area (Å²) in [5, 5.41) is 9.66. The van der Waals surface area contributed by atoms with E-state index in [1.807, 2.05) is 24.5 Å². The van der Waals surface area contributed by atoms with Crippen LogP contribution in [0.25, 0.3) is 74.8 Å². The van der Waals surface area contributed by atoms with Crippen LogP contribution in [0.2, 0.25) is 0 Å². The van der Waals surface area contributed by atoms with Crippen molar-refractivity contribution in [1.29, 1.82) is 0 Å². The molecule has 3 nitrogen and oxygen atoms in total. The van der Waals surface area contributed by atoms with Crippen LogP contribution in [-0.2, 0) is 0 Å². The van der Waals surface area contributed by atoms with Gasteiger partial charge in [0.15, 0.2) is 5.58 Å². The van der Waals surface area contributed by atoms with E-state index >= 15 is 0 Å². The lowest BCUT2D eigenvalue weighted by molar-refractivity contribution is 0.669. The summed E-state index contributed by atoms with van der Waals surface area (Å²) in [7, 11) is 0. The fourth-order valence-corrected chi connectivity index (χ4v) is 8.32. The van der Waals surface area contributed by atoms with Crippen molar-refractivity contribution >= 4 is 92.1 Å². The third-order valence-electron chi connectivity index (χ3n) is 9.34. The molecule has 10 rings (SSSR count). The zero-order valence-electron chi connectivity index (χ0n) is 25.2. The van der Waals surface area contributed by atoms with Crippen LogP contribution in [0.5, 0.6) is 0 Å². The van der Waals surface area contributed by atoms with Gasteiger partial charge in [0.1, 0.15) is 5.58 Å². The van der Waals surface area contributed by atoms with Gasteiger partial charge in [-0.3, -0.25) is 4.98 Å². The van der Waals surface area contributed by atoms with Gasteiger partial charge in [0.2, 0.25) is 0 Å². The molecule has 0 fully saturated rings. The highest BCUT2D eigenvalue weighted by atomic mass is 32.1. The SMILES string of the molecule is c1ccc2c(c1)cc(-c1ccc(N(c3cccc4c3oc3ccccc34)c3cncc4sc5ccccc5c34)cc1)c1ccccc12. The van der Waals surface area contributed by atoms with E-state index in [1.54, 1.807) is 11.3 Å². The second-order valence-corrected chi connectivity index (χ2v) is 13.0. The molecule has 7 aromatic carbocycles. The Morgan fingerprint density at radius 1 is 0.511 bits per heavy atom. The number of anilines is 3. The number of thiophene rings is 1. The zero-order valence-corrected chi connectivity index (χ0v) is 26.0. The fraction of sp³-hybridized carbons (Fsp3) is 0. The van der Waals surface area contributed by atoms with E-state index in [-0.39, 0.29) is 0 Å². The molecule has 0 amide bonds. The number of hydrogen-bond acceptors (Lipinski definition) is 4. The molecular weight excluding hydrogens is 593 g/mol. The highest BCUT2D eigenvalue weighted by Gasteiger charge is 2.23. The largest absolute Gasteiger partial charge is 0.454 e. The number of aromatic nitrogens is 1. The maximum atomic E-state index is 6.61. The molecule has 0 atom stereocenters. The minimum absolute atomic E-state index is 0.856. The average Bonchev–Trinajstić information content (AvgIpc) is 3.71. The number of pyridine rings is 1. The van der Waals surface area contributed by atoms with E-state index in [0.717, 1.165) is 43.7 Å². The topological polar surface area (TPSA) is 29.3 Å². The molecule has 4 heteroatoms. The number of nitrogens with zero attached hydrogens (tertiary/aromatic N) is 2. The highest BCUT2D eigenvalue weighted by molar-refractivity contribution is 7.25. The van der Waals surface area contributed by atoms with Gasteiger partial charge in [-0.15, -0.1) is 11.3 Å². The van der Waals surface area contributed by atoms with Crippen LogP contribution in [0.4, 0.5) is 17.1 Å². The number of rotatable bonds is 4. The van der Waals surface area contributed by atoms with Crippen molar-refractivity contribution in [2.75, 3.05) is 4.90 Å². The van der Waals surface area contributed by atoms with Crippen molar-refractivity contribution in [3.8, 4) is 11.1 Å². The first-order chi connectivity index (χ1) is 23.3. The van der Waals surface area contributed by atoms with Crippen LogP contribution in [0.15, 0.2) is 162 Å². The lowest BCUT2D eigenvalue weighted by atomic mass is 9.93. The summed E-state index contributed by atoms with van der Waals surface area (Å²) in [4.78, 5) is 7.09. The third-order valence-corrected chi connectivity index (χ3v) is 10.4. The molecule has 3 heterocycles. The van der Waals surface area contributed by atoms with Gasteiger partial charge >= 0.3 is 0 Å². The van der Waals surface area contributed by atoms with Gasteiger partial charge in [-0.1, -0.05) is 109 Å². The Hall–Kier alpha value is -5.97. The van der Waals surface area contributed by atoms with Crippen LogP contribution >= 0.6 is 11.3 Å². The highest BCUT2D eigenvalue weighted by Crippen LogP contribution is 2.47. The second kappa shape index (κ2) is 10.3. The van der Waals surface area contributed by atoms with Crippen molar-refractivity contribution in [2.24, 2.45) is 0 Å². The normalized spacial score (nSPS) is 11.8. The minimum Gasteiger partial charge on any atom is -0.454 e. The molecule has 0 spiro atoms. The minimum atomic E-state index is 0.856. The summed E-state index contributed by atoms with van der Waals surface area (Å²) in [5.74, 6) is 0. The molecule has 0 aliphatic heterocycles. The predicted molar refractivity (Wildman–Crippen MR) is 200 cm³/mol.